The minimum Gasteiger partial charge on any atom is -0.378 e. The summed E-state index contributed by atoms with van der Waals surface area (Å²) in [5, 5.41) is 4.39. The van der Waals surface area contributed by atoms with E-state index in [1.807, 2.05) is 14.0 Å². The molecule has 0 aliphatic rings. The van der Waals surface area contributed by atoms with Gasteiger partial charge in [0, 0.05) is 19.0 Å². The Balaban J connectivity index is 4.15. The molecule has 0 heterocycles. The minimum atomic E-state index is 0.228. The molecule has 1 N–H and O–H groups in total. The third kappa shape index (κ3) is 7.22. The molecular formula is C11H24N2O2S. The van der Waals surface area contributed by atoms with Crippen LogP contribution < -0.4 is 5.32 Å². The van der Waals surface area contributed by atoms with Gasteiger partial charge in [0.25, 0.3) is 0 Å². The molecule has 0 fully saturated rings. The van der Waals surface area contributed by atoms with E-state index in [0.29, 0.717) is 18.5 Å². The standard InChI is InChI=1S/C11H24N2O2S/c1-6-15-9(2)10(3)16-11(7-14-5)13-8-12-4/h9-10,12H,6-8H2,1-5H3/b13-11-/t9-,10?/m0/s1. The van der Waals surface area contributed by atoms with Crippen LogP contribution in [0.1, 0.15) is 20.8 Å². The summed E-state index contributed by atoms with van der Waals surface area (Å²) in [6.07, 6.45) is 0.228. The zero-order valence-corrected chi connectivity index (χ0v) is 11.8. The Morgan fingerprint density at radius 1 is 1.44 bits per heavy atom. The lowest BCUT2D eigenvalue weighted by Gasteiger charge is -2.20. The van der Waals surface area contributed by atoms with Gasteiger partial charge in [-0.1, -0.05) is 6.92 Å². The maximum absolute atomic E-state index is 5.55. The van der Waals surface area contributed by atoms with Crippen molar-refractivity contribution >= 4 is 16.8 Å². The molecule has 2 atom stereocenters. The first kappa shape index (κ1) is 15.9. The van der Waals surface area contributed by atoms with Crippen molar-refractivity contribution in [3.8, 4) is 0 Å². The molecule has 0 amide bonds. The predicted octanol–water partition coefficient (Wildman–Crippen LogP) is 1.75. The van der Waals surface area contributed by atoms with E-state index in [4.69, 9.17) is 9.47 Å². The topological polar surface area (TPSA) is 42.9 Å². The molecule has 0 radical (unpaired) electrons. The van der Waals surface area contributed by atoms with Crippen LogP contribution >= 0.6 is 11.8 Å². The Morgan fingerprint density at radius 3 is 2.62 bits per heavy atom. The van der Waals surface area contributed by atoms with Gasteiger partial charge in [0.1, 0.15) is 0 Å². The van der Waals surface area contributed by atoms with Gasteiger partial charge in [-0.2, -0.15) is 0 Å². The highest BCUT2D eigenvalue weighted by molar-refractivity contribution is 8.14. The summed E-state index contributed by atoms with van der Waals surface area (Å²) in [7, 11) is 3.57. The molecule has 16 heavy (non-hydrogen) atoms. The number of aliphatic imine (C=N–C) groups is 1. The largest absolute Gasteiger partial charge is 0.378 e. The van der Waals surface area contributed by atoms with E-state index in [-0.39, 0.29) is 6.10 Å². The molecule has 5 heteroatoms. The Kier molecular flexibility index (Phi) is 10.0. The van der Waals surface area contributed by atoms with Crippen molar-refractivity contribution in [1.82, 2.24) is 5.32 Å². The zero-order chi connectivity index (χ0) is 12.4. The number of methoxy groups -OCH3 is 1. The number of nitrogens with zero attached hydrogens (tertiary/aromatic N) is 1. The van der Waals surface area contributed by atoms with Crippen molar-refractivity contribution in [2.45, 2.75) is 32.1 Å². The van der Waals surface area contributed by atoms with Gasteiger partial charge < -0.3 is 14.8 Å². The maximum Gasteiger partial charge on any atom is 0.0953 e. The van der Waals surface area contributed by atoms with Crippen molar-refractivity contribution < 1.29 is 9.47 Å². The summed E-state index contributed by atoms with van der Waals surface area (Å²) in [5.74, 6) is 0. The number of hydrogen-bond donors (Lipinski definition) is 1. The normalized spacial score (nSPS) is 16.2. The third-order valence-corrected chi connectivity index (χ3v) is 3.37. The van der Waals surface area contributed by atoms with E-state index in [0.717, 1.165) is 11.7 Å². The van der Waals surface area contributed by atoms with Crippen LogP contribution in [0, 0.1) is 0 Å². The van der Waals surface area contributed by atoms with Gasteiger partial charge in [0.15, 0.2) is 0 Å². The van der Waals surface area contributed by atoms with Gasteiger partial charge in [0.2, 0.25) is 0 Å². The Hall–Kier alpha value is -0.100. The molecule has 0 aromatic rings. The van der Waals surface area contributed by atoms with E-state index in [1.54, 1.807) is 18.9 Å². The number of ether oxygens (including phenoxy) is 2. The number of rotatable bonds is 8. The fourth-order valence-corrected chi connectivity index (χ4v) is 2.14. The molecule has 0 saturated heterocycles. The molecule has 1 unspecified atom stereocenters. The lowest BCUT2D eigenvalue weighted by molar-refractivity contribution is 0.0779. The van der Waals surface area contributed by atoms with Crippen LogP contribution in [0.5, 0.6) is 0 Å². The van der Waals surface area contributed by atoms with Crippen molar-refractivity contribution in [2.75, 3.05) is 34.0 Å². The summed E-state index contributed by atoms with van der Waals surface area (Å²) < 4.78 is 10.7. The van der Waals surface area contributed by atoms with E-state index in [1.165, 1.54) is 0 Å². The summed E-state index contributed by atoms with van der Waals surface area (Å²) in [6, 6.07) is 0. The average molecular weight is 248 g/mol. The van der Waals surface area contributed by atoms with Gasteiger partial charge >= 0.3 is 0 Å². The second-order valence-corrected chi connectivity index (χ2v) is 4.93. The summed E-state index contributed by atoms with van der Waals surface area (Å²) in [5.41, 5.74) is 0. The van der Waals surface area contributed by atoms with Gasteiger partial charge in [-0.3, -0.25) is 4.99 Å². The summed E-state index contributed by atoms with van der Waals surface area (Å²) >= 11 is 1.72. The monoisotopic (exact) mass is 248 g/mol. The molecule has 0 bridgehead atoms. The van der Waals surface area contributed by atoms with Crippen LogP contribution in [0.4, 0.5) is 0 Å². The summed E-state index contributed by atoms with van der Waals surface area (Å²) in [4.78, 5) is 4.40. The van der Waals surface area contributed by atoms with E-state index < -0.39 is 0 Å². The first-order valence-corrected chi connectivity index (χ1v) is 6.48. The molecule has 0 rings (SSSR count). The van der Waals surface area contributed by atoms with Gasteiger partial charge in [-0.25, -0.2) is 0 Å². The second kappa shape index (κ2) is 10.1. The quantitative estimate of drug-likeness (QED) is 0.525. The van der Waals surface area contributed by atoms with Gasteiger partial charge in [-0.15, -0.1) is 11.8 Å². The molecule has 0 aliphatic heterocycles. The molecule has 0 spiro atoms. The highest BCUT2D eigenvalue weighted by atomic mass is 32.2. The molecule has 96 valence electrons. The molecule has 0 aliphatic carbocycles. The van der Waals surface area contributed by atoms with E-state index in [9.17, 15) is 0 Å². The van der Waals surface area contributed by atoms with Crippen LogP contribution in [-0.4, -0.2) is 50.4 Å². The second-order valence-electron chi connectivity index (χ2n) is 3.48. The molecule has 4 nitrogen and oxygen atoms in total. The number of hydrogen-bond acceptors (Lipinski definition) is 5. The SMILES string of the molecule is CCO[C@@H](C)C(C)S/C(COC)=N\CNC. The first-order valence-electron chi connectivity index (χ1n) is 5.60. The fraction of sp³-hybridized carbons (Fsp3) is 0.909. The predicted molar refractivity (Wildman–Crippen MR) is 71.4 cm³/mol. The Morgan fingerprint density at radius 2 is 2.12 bits per heavy atom. The maximum atomic E-state index is 5.55. The van der Waals surface area contributed by atoms with Crippen molar-refractivity contribution in [1.29, 1.82) is 0 Å². The van der Waals surface area contributed by atoms with Crippen molar-refractivity contribution in [3.63, 3.8) is 0 Å². The smallest absolute Gasteiger partial charge is 0.0953 e. The van der Waals surface area contributed by atoms with Crippen LogP contribution in [-0.2, 0) is 9.47 Å². The number of thioether (sulfide) groups is 1. The lowest BCUT2D eigenvalue weighted by atomic mass is 10.3. The highest BCUT2D eigenvalue weighted by Gasteiger charge is 2.15. The molecular weight excluding hydrogens is 224 g/mol. The van der Waals surface area contributed by atoms with Crippen molar-refractivity contribution in [3.05, 3.63) is 0 Å². The average Bonchev–Trinajstić information content (AvgIpc) is 2.26. The van der Waals surface area contributed by atoms with Crippen LogP contribution in [0.3, 0.4) is 0 Å². The number of nitrogens with one attached hydrogen (secondary N) is 1. The molecule has 0 saturated carbocycles. The lowest BCUT2D eigenvalue weighted by Crippen LogP contribution is -2.23. The minimum absolute atomic E-state index is 0.228. The molecule has 0 aromatic heterocycles. The Bertz CT molecular complexity index is 200. The fourth-order valence-electron chi connectivity index (χ4n) is 1.12. The van der Waals surface area contributed by atoms with E-state index >= 15 is 0 Å². The third-order valence-electron chi connectivity index (χ3n) is 2.09. The highest BCUT2D eigenvalue weighted by Crippen LogP contribution is 2.18. The van der Waals surface area contributed by atoms with Crippen LogP contribution in [0.15, 0.2) is 4.99 Å². The summed E-state index contributed by atoms with van der Waals surface area (Å²) in [6.45, 7) is 8.19. The van der Waals surface area contributed by atoms with Crippen molar-refractivity contribution in [2.24, 2.45) is 4.99 Å². The van der Waals surface area contributed by atoms with Gasteiger partial charge in [0.05, 0.1) is 24.4 Å². The molecule has 0 aromatic carbocycles. The van der Waals surface area contributed by atoms with Crippen LogP contribution in [0.25, 0.3) is 0 Å². The zero-order valence-electron chi connectivity index (χ0n) is 10.9. The van der Waals surface area contributed by atoms with Crippen LogP contribution in [0.2, 0.25) is 0 Å². The first-order chi connectivity index (χ1) is 7.65. The Labute approximate surface area is 103 Å². The van der Waals surface area contributed by atoms with E-state index in [2.05, 4.69) is 24.2 Å². The van der Waals surface area contributed by atoms with Gasteiger partial charge in [-0.05, 0) is 20.9 Å².